The van der Waals surface area contributed by atoms with Crippen molar-refractivity contribution in [1.82, 2.24) is 0 Å². The predicted octanol–water partition coefficient (Wildman–Crippen LogP) is 3.19. The molecule has 0 unspecified atom stereocenters. The van der Waals surface area contributed by atoms with Gasteiger partial charge in [0.25, 0.3) is 0 Å². The van der Waals surface area contributed by atoms with E-state index < -0.39 is 0 Å². The topological polar surface area (TPSA) is 66.5 Å². The van der Waals surface area contributed by atoms with E-state index in [1.54, 1.807) is 24.3 Å². The summed E-state index contributed by atoms with van der Waals surface area (Å²) in [5.41, 5.74) is 2.92. The summed E-state index contributed by atoms with van der Waals surface area (Å²) < 4.78 is 0. The molecule has 5 nitrogen and oxygen atoms in total. The van der Waals surface area contributed by atoms with Gasteiger partial charge in [-0.25, -0.2) is 0 Å². The number of nitrogens with zero attached hydrogens (tertiary/aromatic N) is 1. The Labute approximate surface area is 141 Å². The van der Waals surface area contributed by atoms with Crippen molar-refractivity contribution < 1.29 is 14.4 Å². The third-order valence-corrected chi connectivity index (χ3v) is 3.60. The molecule has 0 fully saturated rings. The lowest BCUT2D eigenvalue weighted by molar-refractivity contribution is -0.120. The number of nitrogens with one attached hydrogen (secondary N) is 1. The van der Waals surface area contributed by atoms with Gasteiger partial charge >= 0.3 is 0 Å². The summed E-state index contributed by atoms with van der Waals surface area (Å²) in [6.45, 7) is 4.75. The molecule has 5 heteroatoms. The fourth-order valence-corrected chi connectivity index (χ4v) is 2.24. The van der Waals surface area contributed by atoms with Crippen molar-refractivity contribution >= 4 is 29.0 Å². The first-order valence-corrected chi connectivity index (χ1v) is 7.62. The van der Waals surface area contributed by atoms with Crippen molar-refractivity contribution in [2.75, 3.05) is 16.8 Å². The molecule has 2 aromatic carbocycles. The number of anilines is 2. The third kappa shape index (κ3) is 4.52. The Morgan fingerprint density at radius 3 is 2.00 bits per heavy atom. The summed E-state index contributed by atoms with van der Waals surface area (Å²) in [7, 11) is 0. The Balaban J connectivity index is 2.10. The van der Waals surface area contributed by atoms with E-state index in [9.17, 15) is 14.4 Å². The molecule has 2 rings (SSSR count). The number of hydrogen-bond donors (Lipinski definition) is 1. The lowest BCUT2D eigenvalue weighted by Crippen LogP contribution is -2.36. The first-order chi connectivity index (χ1) is 11.4. The Morgan fingerprint density at radius 1 is 0.917 bits per heavy atom. The molecular weight excluding hydrogens is 304 g/mol. The van der Waals surface area contributed by atoms with Gasteiger partial charge in [0.1, 0.15) is 6.54 Å². The minimum atomic E-state index is -0.287. The van der Waals surface area contributed by atoms with Crippen LogP contribution in [-0.4, -0.2) is 24.1 Å². The van der Waals surface area contributed by atoms with Crippen LogP contribution in [0.3, 0.4) is 0 Å². The highest BCUT2D eigenvalue weighted by molar-refractivity contribution is 6.02. The van der Waals surface area contributed by atoms with E-state index in [4.69, 9.17) is 0 Å². The largest absolute Gasteiger partial charge is 0.325 e. The molecule has 0 aliphatic heterocycles. The van der Waals surface area contributed by atoms with Crippen LogP contribution in [0.2, 0.25) is 0 Å². The highest BCUT2D eigenvalue weighted by Gasteiger charge is 2.16. The molecule has 0 saturated heterocycles. The van der Waals surface area contributed by atoms with Crippen LogP contribution in [0.15, 0.2) is 48.5 Å². The molecule has 1 N–H and O–H groups in total. The summed E-state index contributed by atoms with van der Waals surface area (Å²) in [5, 5.41) is 2.77. The van der Waals surface area contributed by atoms with Gasteiger partial charge in [-0.05, 0) is 50.2 Å². The van der Waals surface area contributed by atoms with Crippen LogP contribution in [0.4, 0.5) is 11.4 Å². The molecule has 0 aromatic heterocycles. The summed E-state index contributed by atoms with van der Waals surface area (Å²) in [4.78, 5) is 36.8. The zero-order valence-corrected chi connectivity index (χ0v) is 14.0. The summed E-state index contributed by atoms with van der Waals surface area (Å²) in [6, 6.07) is 14.0. The normalized spacial score (nSPS) is 10.1. The SMILES string of the molecule is CC(=O)c1ccc(N(CC(=O)Nc2ccc(C)cc2)C(C)=O)cc1. The van der Waals surface area contributed by atoms with E-state index in [-0.39, 0.29) is 24.1 Å². The molecule has 24 heavy (non-hydrogen) atoms. The van der Waals surface area contributed by atoms with Crippen molar-refractivity contribution in [3.63, 3.8) is 0 Å². The zero-order valence-electron chi connectivity index (χ0n) is 14.0. The molecule has 0 aliphatic rings. The maximum atomic E-state index is 12.2. The summed E-state index contributed by atoms with van der Waals surface area (Å²) >= 11 is 0. The van der Waals surface area contributed by atoms with Crippen molar-refractivity contribution in [3.05, 3.63) is 59.7 Å². The fraction of sp³-hybridized carbons (Fsp3) is 0.211. The number of hydrogen-bond acceptors (Lipinski definition) is 3. The van der Waals surface area contributed by atoms with E-state index >= 15 is 0 Å². The van der Waals surface area contributed by atoms with Crippen LogP contribution in [-0.2, 0) is 9.59 Å². The number of amides is 2. The Hall–Kier alpha value is -2.95. The molecule has 2 aromatic rings. The second-order valence-electron chi connectivity index (χ2n) is 5.62. The maximum Gasteiger partial charge on any atom is 0.244 e. The number of ketones is 1. The summed E-state index contributed by atoms with van der Waals surface area (Å²) in [6.07, 6.45) is 0. The number of rotatable bonds is 5. The van der Waals surface area contributed by atoms with Crippen molar-refractivity contribution in [2.24, 2.45) is 0 Å². The second kappa shape index (κ2) is 7.55. The van der Waals surface area contributed by atoms with Crippen LogP contribution in [0.25, 0.3) is 0 Å². The van der Waals surface area contributed by atoms with E-state index in [0.29, 0.717) is 16.9 Å². The maximum absolute atomic E-state index is 12.2. The second-order valence-corrected chi connectivity index (χ2v) is 5.62. The highest BCUT2D eigenvalue weighted by atomic mass is 16.2. The molecule has 2 amide bonds. The van der Waals surface area contributed by atoms with Gasteiger partial charge in [-0.3, -0.25) is 14.4 Å². The van der Waals surface area contributed by atoms with Gasteiger partial charge in [0.2, 0.25) is 11.8 Å². The molecule has 0 heterocycles. The van der Waals surface area contributed by atoms with Crippen LogP contribution >= 0.6 is 0 Å². The van der Waals surface area contributed by atoms with E-state index in [1.165, 1.54) is 18.7 Å². The lowest BCUT2D eigenvalue weighted by atomic mass is 10.1. The Bertz CT molecular complexity index is 749. The molecule has 124 valence electrons. The minimum absolute atomic E-state index is 0.0481. The molecule has 0 spiro atoms. The van der Waals surface area contributed by atoms with E-state index in [0.717, 1.165) is 5.56 Å². The Kier molecular flexibility index (Phi) is 5.47. The van der Waals surface area contributed by atoms with Crippen LogP contribution < -0.4 is 10.2 Å². The van der Waals surface area contributed by atoms with Crippen LogP contribution in [0.5, 0.6) is 0 Å². The average Bonchev–Trinajstić information content (AvgIpc) is 2.54. The monoisotopic (exact) mass is 324 g/mol. The number of carbonyl (C=O) groups is 3. The molecule has 0 saturated carbocycles. The minimum Gasteiger partial charge on any atom is -0.325 e. The van der Waals surface area contributed by atoms with E-state index in [1.807, 2.05) is 31.2 Å². The van der Waals surface area contributed by atoms with Gasteiger partial charge in [0.05, 0.1) is 0 Å². The van der Waals surface area contributed by atoms with E-state index in [2.05, 4.69) is 5.32 Å². The van der Waals surface area contributed by atoms with Gasteiger partial charge in [-0.2, -0.15) is 0 Å². The standard InChI is InChI=1S/C19H20N2O3/c1-13-4-8-17(9-5-13)20-19(24)12-21(15(3)23)18-10-6-16(7-11-18)14(2)22/h4-11H,12H2,1-3H3,(H,20,24). The highest BCUT2D eigenvalue weighted by Crippen LogP contribution is 2.16. The van der Waals surface area contributed by atoms with Gasteiger partial charge in [0, 0.05) is 23.9 Å². The number of Topliss-reactive ketones (excluding diaryl/α,β-unsaturated/α-hetero) is 1. The first-order valence-electron chi connectivity index (χ1n) is 7.62. The van der Waals surface area contributed by atoms with Crippen molar-refractivity contribution in [2.45, 2.75) is 20.8 Å². The smallest absolute Gasteiger partial charge is 0.244 e. The van der Waals surface area contributed by atoms with Gasteiger partial charge in [0.15, 0.2) is 5.78 Å². The van der Waals surface area contributed by atoms with Crippen LogP contribution in [0.1, 0.15) is 29.8 Å². The molecule has 0 bridgehead atoms. The van der Waals surface area contributed by atoms with Crippen molar-refractivity contribution in [1.29, 1.82) is 0 Å². The molecule has 0 aliphatic carbocycles. The number of benzene rings is 2. The van der Waals surface area contributed by atoms with Gasteiger partial charge in [-0.15, -0.1) is 0 Å². The zero-order chi connectivity index (χ0) is 17.7. The number of aryl methyl sites for hydroxylation is 1. The molecular formula is C19H20N2O3. The third-order valence-electron chi connectivity index (χ3n) is 3.60. The van der Waals surface area contributed by atoms with Gasteiger partial charge < -0.3 is 10.2 Å². The van der Waals surface area contributed by atoms with Crippen molar-refractivity contribution in [3.8, 4) is 0 Å². The first kappa shape index (κ1) is 17.4. The quantitative estimate of drug-likeness (QED) is 0.859. The Morgan fingerprint density at radius 2 is 1.50 bits per heavy atom. The molecule has 0 radical (unpaired) electrons. The lowest BCUT2D eigenvalue weighted by Gasteiger charge is -2.21. The average molecular weight is 324 g/mol. The predicted molar refractivity (Wildman–Crippen MR) is 94.3 cm³/mol. The molecule has 0 atom stereocenters. The summed E-state index contributed by atoms with van der Waals surface area (Å²) in [5.74, 6) is -0.581. The van der Waals surface area contributed by atoms with Gasteiger partial charge in [-0.1, -0.05) is 17.7 Å². The van der Waals surface area contributed by atoms with Crippen LogP contribution in [0, 0.1) is 6.92 Å². The fourth-order valence-electron chi connectivity index (χ4n) is 2.24. The number of carbonyl (C=O) groups excluding carboxylic acids is 3.